The van der Waals surface area contributed by atoms with Crippen LogP contribution in [0.4, 0.5) is 0 Å². The van der Waals surface area contributed by atoms with Gasteiger partial charge in [-0.3, -0.25) is 0 Å². The van der Waals surface area contributed by atoms with Crippen LogP contribution in [-0.2, 0) is 6.42 Å². The summed E-state index contributed by atoms with van der Waals surface area (Å²) in [6.07, 6.45) is 0.516. The Labute approximate surface area is 97.0 Å². The van der Waals surface area contributed by atoms with Gasteiger partial charge in [0.15, 0.2) is 0 Å². The number of aromatic carboxylic acids is 1. The van der Waals surface area contributed by atoms with Gasteiger partial charge in [0, 0.05) is 5.39 Å². The van der Waals surface area contributed by atoms with Gasteiger partial charge in [0.1, 0.15) is 5.69 Å². The summed E-state index contributed by atoms with van der Waals surface area (Å²) < 4.78 is 0. The SMILES string of the molecule is NCCc1c(C(=O)O)[nH]c2c(Cl)cccc12. The maximum absolute atomic E-state index is 11.1. The average molecular weight is 239 g/mol. The van der Waals surface area contributed by atoms with E-state index in [4.69, 9.17) is 22.4 Å². The number of benzene rings is 1. The van der Waals surface area contributed by atoms with E-state index in [0.717, 1.165) is 5.39 Å². The lowest BCUT2D eigenvalue weighted by Gasteiger charge is -1.98. The third kappa shape index (κ3) is 1.66. The molecule has 84 valence electrons. The molecule has 2 rings (SSSR count). The number of carboxylic acids is 1. The molecule has 0 atom stereocenters. The smallest absolute Gasteiger partial charge is 0.352 e. The Morgan fingerprint density at radius 3 is 2.88 bits per heavy atom. The molecule has 0 aliphatic rings. The summed E-state index contributed by atoms with van der Waals surface area (Å²) in [7, 11) is 0. The Morgan fingerprint density at radius 1 is 1.50 bits per heavy atom. The van der Waals surface area contributed by atoms with E-state index in [1.807, 2.05) is 6.07 Å². The lowest BCUT2D eigenvalue weighted by atomic mass is 10.1. The largest absolute Gasteiger partial charge is 0.477 e. The number of hydrogen-bond acceptors (Lipinski definition) is 2. The number of aromatic amines is 1. The van der Waals surface area contributed by atoms with Crippen LogP contribution in [0.15, 0.2) is 18.2 Å². The van der Waals surface area contributed by atoms with Crippen LogP contribution in [0.25, 0.3) is 10.9 Å². The molecule has 0 fully saturated rings. The van der Waals surface area contributed by atoms with Crippen LogP contribution in [0.2, 0.25) is 5.02 Å². The normalized spacial score (nSPS) is 10.9. The minimum absolute atomic E-state index is 0.175. The number of hydrogen-bond donors (Lipinski definition) is 3. The highest BCUT2D eigenvalue weighted by atomic mass is 35.5. The molecule has 0 bridgehead atoms. The molecule has 0 aliphatic carbocycles. The third-order valence-corrected chi connectivity index (χ3v) is 2.81. The second-order valence-corrected chi connectivity index (χ2v) is 3.89. The molecule has 1 aromatic heterocycles. The van der Waals surface area contributed by atoms with Gasteiger partial charge in [0.05, 0.1) is 10.5 Å². The zero-order valence-corrected chi connectivity index (χ0v) is 9.21. The number of nitrogens with two attached hydrogens (primary N) is 1. The first-order valence-corrected chi connectivity index (χ1v) is 5.25. The van der Waals surface area contributed by atoms with Crippen LogP contribution in [0.3, 0.4) is 0 Å². The van der Waals surface area contributed by atoms with Crippen molar-refractivity contribution in [3.05, 3.63) is 34.5 Å². The fourth-order valence-electron chi connectivity index (χ4n) is 1.82. The Hall–Kier alpha value is -1.52. The van der Waals surface area contributed by atoms with E-state index in [-0.39, 0.29) is 5.69 Å². The summed E-state index contributed by atoms with van der Waals surface area (Å²) in [5.41, 5.74) is 7.03. The van der Waals surface area contributed by atoms with Crippen molar-refractivity contribution in [2.24, 2.45) is 5.73 Å². The van der Waals surface area contributed by atoms with Gasteiger partial charge in [-0.15, -0.1) is 0 Å². The standard InChI is InChI=1S/C11H11ClN2O2/c12-8-3-1-2-6-7(4-5-13)10(11(15)16)14-9(6)8/h1-3,14H,4-5,13H2,(H,15,16). The molecular weight excluding hydrogens is 228 g/mol. The topological polar surface area (TPSA) is 79.1 Å². The predicted octanol–water partition coefficient (Wildman–Crippen LogP) is 2.02. The van der Waals surface area contributed by atoms with Crippen LogP contribution in [0, 0.1) is 0 Å². The molecule has 1 aromatic carbocycles. The van der Waals surface area contributed by atoms with E-state index in [1.165, 1.54) is 0 Å². The number of aromatic nitrogens is 1. The van der Waals surface area contributed by atoms with Crippen molar-refractivity contribution in [3.63, 3.8) is 0 Å². The predicted molar refractivity (Wildman–Crippen MR) is 63.0 cm³/mol. The fraction of sp³-hybridized carbons (Fsp3) is 0.182. The fourth-order valence-corrected chi connectivity index (χ4v) is 2.05. The summed E-state index contributed by atoms with van der Waals surface area (Å²) in [6.45, 7) is 0.403. The molecule has 0 aliphatic heterocycles. The second kappa shape index (κ2) is 4.15. The summed E-state index contributed by atoms with van der Waals surface area (Å²) in [5.74, 6) is -0.990. The van der Waals surface area contributed by atoms with Gasteiger partial charge in [0.25, 0.3) is 0 Å². The molecule has 4 nitrogen and oxygen atoms in total. The van der Waals surface area contributed by atoms with Crippen LogP contribution in [0.5, 0.6) is 0 Å². The van der Waals surface area contributed by atoms with Gasteiger partial charge < -0.3 is 15.8 Å². The van der Waals surface area contributed by atoms with Gasteiger partial charge in [-0.25, -0.2) is 4.79 Å². The zero-order chi connectivity index (χ0) is 11.7. The van der Waals surface area contributed by atoms with Crippen molar-refractivity contribution in [1.29, 1.82) is 0 Å². The molecule has 16 heavy (non-hydrogen) atoms. The first-order chi connectivity index (χ1) is 7.65. The Bertz CT molecular complexity index is 548. The number of nitrogens with one attached hydrogen (secondary N) is 1. The number of carbonyl (C=O) groups is 1. The van der Waals surface area contributed by atoms with E-state index in [9.17, 15) is 4.79 Å². The minimum atomic E-state index is -0.990. The molecule has 1 heterocycles. The van der Waals surface area contributed by atoms with Gasteiger partial charge in [-0.05, 0) is 24.6 Å². The number of para-hydroxylation sites is 1. The summed E-state index contributed by atoms with van der Waals surface area (Å²) >= 11 is 5.99. The average Bonchev–Trinajstić information content (AvgIpc) is 2.60. The molecule has 2 aromatic rings. The highest BCUT2D eigenvalue weighted by molar-refractivity contribution is 6.35. The minimum Gasteiger partial charge on any atom is -0.477 e. The quantitative estimate of drug-likeness (QED) is 0.765. The summed E-state index contributed by atoms with van der Waals surface area (Å²) in [4.78, 5) is 13.9. The Kier molecular flexibility index (Phi) is 2.85. The molecule has 0 spiro atoms. The molecule has 0 saturated heterocycles. The molecule has 4 N–H and O–H groups in total. The van der Waals surface area contributed by atoms with E-state index in [0.29, 0.717) is 29.1 Å². The maximum atomic E-state index is 11.1. The van der Waals surface area contributed by atoms with Crippen molar-refractivity contribution in [3.8, 4) is 0 Å². The number of rotatable bonds is 3. The van der Waals surface area contributed by atoms with Crippen molar-refractivity contribution < 1.29 is 9.90 Å². The second-order valence-electron chi connectivity index (χ2n) is 3.48. The van der Waals surface area contributed by atoms with Crippen LogP contribution >= 0.6 is 11.6 Å². The lowest BCUT2D eigenvalue weighted by molar-refractivity contribution is 0.0690. The van der Waals surface area contributed by atoms with Crippen molar-refractivity contribution in [2.45, 2.75) is 6.42 Å². The summed E-state index contributed by atoms with van der Waals surface area (Å²) in [6, 6.07) is 5.36. The van der Waals surface area contributed by atoms with Crippen LogP contribution < -0.4 is 5.73 Å². The zero-order valence-electron chi connectivity index (χ0n) is 8.46. The van der Waals surface area contributed by atoms with E-state index < -0.39 is 5.97 Å². The monoisotopic (exact) mass is 238 g/mol. The number of fused-ring (bicyclic) bond motifs is 1. The third-order valence-electron chi connectivity index (χ3n) is 2.50. The number of halogens is 1. The van der Waals surface area contributed by atoms with E-state index >= 15 is 0 Å². The first kappa shape index (κ1) is 11.0. The molecule has 0 radical (unpaired) electrons. The molecule has 0 unspecified atom stereocenters. The summed E-state index contributed by atoms with van der Waals surface area (Å²) in [5, 5.41) is 10.4. The van der Waals surface area contributed by atoms with Crippen molar-refractivity contribution >= 4 is 28.5 Å². The van der Waals surface area contributed by atoms with Crippen molar-refractivity contribution in [2.75, 3.05) is 6.54 Å². The molecular formula is C11H11ClN2O2. The Balaban J connectivity index is 2.75. The Morgan fingerprint density at radius 2 is 2.25 bits per heavy atom. The van der Waals surface area contributed by atoms with Crippen LogP contribution in [-0.4, -0.2) is 22.6 Å². The maximum Gasteiger partial charge on any atom is 0.352 e. The van der Waals surface area contributed by atoms with Crippen molar-refractivity contribution in [1.82, 2.24) is 4.98 Å². The van der Waals surface area contributed by atoms with Gasteiger partial charge in [-0.2, -0.15) is 0 Å². The lowest BCUT2D eigenvalue weighted by Crippen LogP contribution is -2.07. The first-order valence-electron chi connectivity index (χ1n) is 4.87. The number of carboxylic acid groups (broad SMARTS) is 1. The highest BCUT2D eigenvalue weighted by Gasteiger charge is 2.17. The molecule has 0 amide bonds. The van der Waals surface area contributed by atoms with Gasteiger partial charge in [-0.1, -0.05) is 23.7 Å². The van der Waals surface area contributed by atoms with Gasteiger partial charge in [0.2, 0.25) is 0 Å². The van der Waals surface area contributed by atoms with Crippen LogP contribution in [0.1, 0.15) is 16.1 Å². The highest BCUT2D eigenvalue weighted by Crippen LogP contribution is 2.28. The molecule has 5 heteroatoms. The van der Waals surface area contributed by atoms with E-state index in [1.54, 1.807) is 12.1 Å². The van der Waals surface area contributed by atoms with Gasteiger partial charge >= 0.3 is 5.97 Å². The van der Waals surface area contributed by atoms with E-state index in [2.05, 4.69) is 4.98 Å². The number of H-pyrrole nitrogens is 1. The molecule has 0 saturated carbocycles.